The van der Waals surface area contributed by atoms with Crippen LogP contribution in [0, 0.1) is 6.92 Å². The fourth-order valence-corrected chi connectivity index (χ4v) is 2.82. The maximum atomic E-state index is 4.45. The van der Waals surface area contributed by atoms with Gasteiger partial charge in [-0.15, -0.1) is 0 Å². The van der Waals surface area contributed by atoms with E-state index in [0.717, 1.165) is 21.9 Å². The molecule has 2 aromatic heterocycles. The molecule has 1 aromatic carbocycles. The summed E-state index contributed by atoms with van der Waals surface area (Å²) < 4.78 is 4.12. The number of aromatic nitrogens is 2. The fraction of sp³-hybridized carbons (Fsp3) is 0.214. The molecule has 2 heterocycles. The molecule has 0 saturated carbocycles. The summed E-state index contributed by atoms with van der Waals surface area (Å²) >= 11 is 1.58. The van der Waals surface area contributed by atoms with E-state index >= 15 is 0 Å². The molecule has 3 aromatic rings. The average molecular weight is 351 g/mol. The van der Waals surface area contributed by atoms with Gasteiger partial charge in [0.1, 0.15) is 11.9 Å². The van der Waals surface area contributed by atoms with Crippen LogP contribution in [0.2, 0.25) is 0 Å². The number of thiazole rings is 1. The summed E-state index contributed by atoms with van der Waals surface area (Å²) in [6, 6.07) is 8.27. The van der Waals surface area contributed by atoms with Crippen molar-refractivity contribution in [2.45, 2.75) is 6.92 Å². The Bertz CT molecular complexity index is 773. The molecule has 0 atom stereocenters. The van der Waals surface area contributed by atoms with Gasteiger partial charge in [-0.05, 0) is 29.4 Å². The summed E-state index contributed by atoms with van der Waals surface area (Å²) in [5.74, 6) is 0. The minimum Gasteiger partial charge on any atom is -1.00 e. The SMILES string of the molecule is Cc1c(/N=N/c2scc[n+]2C)c2ccccc2n1C.[Br-]. The average Bonchev–Trinajstić information content (AvgIpc) is 2.93. The minimum absolute atomic E-state index is 0. The predicted octanol–water partition coefficient (Wildman–Crippen LogP) is 0.792. The normalized spacial score (nSPS) is 11.2. The molecule has 0 saturated heterocycles. The van der Waals surface area contributed by atoms with Gasteiger partial charge in [0, 0.05) is 23.5 Å². The van der Waals surface area contributed by atoms with Crippen LogP contribution >= 0.6 is 11.3 Å². The summed E-state index contributed by atoms with van der Waals surface area (Å²) in [6.07, 6.45) is 1.98. The molecule has 20 heavy (non-hydrogen) atoms. The fourth-order valence-electron chi connectivity index (χ4n) is 2.14. The molecule has 0 aliphatic rings. The Morgan fingerprint density at radius 3 is 2.65 bits per heavy atom. The highest BCUT2D eigenvalue weighted by atomic mass is 79.9. The Morgan fingerprint density at radius 1 is 1.20 bits per heavy atom. The molecule has 0 aliphatic carbocycles. The summed E-state index contributed by atoms with van der Waals surface area (Å²) in [5, 5.41) is 12.8. The first-order chi connectivity index (χ1) is 9.18. The number of fused-ring (bicyclic) bond motifs is 1. The van der Waals surface area contributed by atoms with Crippen molar-refractivity contribution in [1.82, 2.24) is 4.57 Å². The third-order valence-corrected chi connectivity index (χ3v) is 4.20. The molecule has 6 heteroatoms. The molecule has 4 nitrogen and oxygen atoms in total. The first-order valence-electron chi connectivity index (χ1n) is 6.07. The van der Waals surface area contributed by atoms with Gasteiger partial charge in [0.15, 0.2) is 0 Å². The van der Waals surface area contributed by atoms with Crippen molar-refractivity contribution in [2.75, 3.05) is 0 Å². The van der Waals surface area contributed by atoms with E-state index in [2.05, 4.69) is 40.9 Å². The van der Waals surface area contributed by atoms with Gasteiger partial charge in [-0.3, -0.25) is 0 Å². The zero-order valence-electron chi connectivity index (χ0n) is 11.5. The maximum Gasteiger partial charge on any atom is 0.408 e. The number of nitrogens with zero attached hydrogens (tertiary/aromatic N) is 4. The third kappa shape index (κ3) is 2.41. The number of para-hydroxylation sites is 1. The number of azo groups is 1. The van der Waals surface area contributed by atoms with Crippen LogP contribution in [0.25, 0.3) is 10.9 Å². The van der Waals surface area contributed by atoms with Gasteiger partial charge >= 0.3 is 5.13 Å². The topological polar surface area (TPSA) is 33.5 Å². The number of hydrogen-bond donors (Lipinski definition) is 0. The number of rotatable bonds is 2. The zero-order chi connectivity index (χ0) is 13.4. The highest BCUT2D eigenvalue weighted by molar-refractivity contribution is 7.12. The summed E-state index contributed by atoms with van der Waals surface area (Å²) in [6.45, 7) is 2.07. The van der Waals surface area contributed by atoms with Crippen LogP contribution in [0.5, 0.6) is 0 Å². The number of benzene rings is 1. The largest absolute Gasteiger partial charge is 1.00 e. The molecular formula is C14H15BrN4S. The van der Waals surface area contributed by atoms with E-state index in [-0.39, 0.29) is 17.0 Å². The second-order valence-electron chi connectivity index (χ2n) is 4.51. The first-order valence-corrected chi connectivity index (χ1v) is 6.95. The van der Waals surface area contributed by atoms with E-state index in [0.29, 0.717) is 0 Å². The van der Waals surface area contributed by atoms with Gasteiger partial charge < -0.3 is 21.5 Å². The molecule has 0 bridgehead atoms. The molecule has 3 rings (SSSR count). The van der Waals surface area contributed by atoms with Crippen LogP contribution in [0.1, 0.15) is 5.69 Å². The van der Waals surface area contributed by atoms with Crippen LogP contribution in [-0.4, -0.2) is 4.57 Å². The highest BCUT2D eigenvalue weighted by Gasteiger charge is 2.14. The molecule has 0 fully saturated rings. The Morgan fingerprint density at radius 2 is 1.95 bits per heavy atom. The lowest BCUT2D eigenvalue weighted by atomic mass is 10.2. The van der Waals surface area contributed by atoms with E-state index in [1.807, 2.05) is 35.3 Å². The van der Waals surface area contributed by atoms with Gasteiger partial charge in [-0.2, -0.15) is 0 Å². The standard InChI is InChI=1S/C14H15N4S.BrH/c1-10-13(15-16-14-17(2)8-9-19-14)11-6-4-5-7-12(11)18(10)3;/h4-9H,1-3H3;1H/q+1;/p-1. The van der Waals surface area contributed by atoms with Gasteiger partial charge in [0.05, 0.1) is 17.7 Å². The lowest BCUT2D eigenvalue weighted by molar-refractivity contribution is -0.654. The van der Waals surface area contributed by atoms with Crippen molar-refractivity contribution in [3.05, 3.63) is 41.5 Å². The van der Waals surface area contributed by atoms with E-state index in [1.54, 1.807) is 11.3 Å². The second-order valence-corrected chi connectivity index (χ2v) is 5.38. The molecule has 0 radical (unpaired) electrons. The smallest absolute Gasteiger partial charge is 0.408 e. The Labute approximate surface area is 132 Å². The maximum absolute atomic E-state index is 4.45. The van der Waals surface area contributed by atoms with E-state index in [9.17, 15) is 0 Å². The quantitative estimate of drug-likeness (QED) is 0.483. The lowest BCUT2D eigenvalue weighted by Crippen LogP contribution is -3.00. The second kappa shape index (κ2) is 5.85. The summed E-state index contributed by atoms with van der Waals surface area (Å²) in [5.41, 5.74) is 3.26. The molecule has 0 spiro atoms. The highest BCUT2D eigenvalue weighted by Crippen LogP contribution is 2.33. The van der Waals surface area contributed by atoms with Gasteiger partial charge in [0.25, 0.3) is 0 Å². The summed E-state index contributed by atoms with van der Waals surface area (Å²) in [4.78, 5) is 0. The van der Waals surface area contributed by atoms with Gasteiger partial charge in [-0.1, -0.05) is 18.2 Å². The molecular weight excluding hydrogens is 336 g/mol. The van der Waals surface area contributed by atoms with Crippen LogP contribution in [-0.2, 0) is 14.1 Å². The lowest BCUT2D eigenvalue weighted by Gasteiger charge is -1.96. The number of hydrogen-bond acceptors (Lipinski definition) is 3. The van der Waals surface area contributed by atoms with Crippen molar-refractivity contribution in [1.29, 1.82) is 0 Å². The van der Waals surface area contributed by atoms with E-state index in [4.69, 9.17) is 0 Å². The van der Waals surface area contributed by atoms with Crippen molar-refractivity contribution in [3.8, 4) is 0 Å². The van der Waals surface area contributed by atoms with E-state index < -0.39 is 0 Å². The van der Waals surface area contributed by atoms with Crippen LogP contribution in [0.4, 0.5) is 10.8 Å². The zero-order valence-corrected chi connectivity index (χ0v) is 13.9. The van der Waals surface area contributed by atoms with Gasteiger partial charge in [0.2, 0.25) is 0 Å². The number of halogens is 1. The predicted molar refractivity (Wildman–Crippen MR) is 77.3 cm³/mol. The van der Waals surface area contributed by atoms with Crippen molar-refractivity contribution in [3.63, 3.8) is 0 Å². The van der Waals surface area contributed by atoms with Crippen molar-refractivity contribution in [2.24, 2.45) is 24.3 Å². The third-order valence-electron chi connectivity index (χ3n) is 3.36. The monoisotopic (exact) mass is 350 g/mol. The minimum atomic E-state index is 0. The van der Waals surface area contributed by atoms with Crippen molar-refractivity contribution < 1.29 is 21.5 Å². The Hall–Kier alpha value is -1.53. The molecule has 0 aliphatic heterocycles. The van der Waals surface area contributed by atoms with Crippen molar-refractivity contribution >= 4 is 33.1 Å². The van der Waals surface area contributed by atoms with Crippen LogP contribution in [0.15, 0.2) is 46.1 Å². The van der Waals surface area contributed by atoms with Crippen LogP contribution < -0.4 is 21.5 Å². The molecule has 0 amide bonds. The molecule has 0 unspecified atom stereocenters. The van der Waals surface area contributed by atoms with Gasteiger partial charge in [-0.25, -0.2) is 4.57 Å². The number of aryl methyl sites for hydroxylation is 2. The van der Waals surface area contributed by atoms with Crippen LogP contribution in [0.3, 0.4) is 0 Å². The Balaban J connectivity index is 0.00000147. The Kier molecular flexibility index (Phi) is 4.35. The molecule has 0 N–H and O–H groups in total. The first kappa shape index (κ1) is 14.9. The summed E-state index contributed by atoms with van der Waals surface area (Å²) in [7, 11) is 4.03. The van der Waals surface area contributed by atoms with E-state index in [1.165, 1.54) is 5.52 Å². The molecule has 104 valence electrons.